The number of rotatable bonds is 7. The number of fused-ring (bicyclic) bond motifs is 1. The van der Waals surface area contributed by atoms with E-state index in [1.807, 2.05) is 96.4 Å². The number of hydrogen-bond acceptors (Lipinski definition) is 5. The molecule has 5 nitrogen and oxygen atoms in total. The van der Waals surface area contributed by atoms with Gasteiger partial charge in [0.05, 0.1) is 28.4 Å². The second-order valence-corrected chi connectivity index (χ2v) is 9.52. The molecule has 0 unspecified atom stereocenters. The van der Waals surface area contributed by atoms with Crippen molar-refractivity contribution in [2.45, 2.75) is 11.2 Å². The van der Waals surface area contributed by atoms with E-state index in [-0.39, 0.29) is 23.3 Å². The van der Waals surface area contributed by atoms with Crippen LogP contribution in [0.5, 0.6) is 0 Å². The molecule has 0 fully saturated rings. The van der Waals surface area contributed by atoms with Gasteiger partial charge in [-0.15, -0.1) is 11.3 Å². The predicted octanol–water partition coefficient (Wildman–Crippen LogP) is 5.45. The lowest BCUT2D eigenvalue weighted by molar-refractivity contribution is -0.119. The summed E-state index contributed by atoms with van der Waals surface area (Å²) >= 11 is 2.86. The van der Waals surface area contributed by atoms with Gasteiger partial charge >= 0.3 is 0 Å². The van der Waals surface area contributed by atoms with E-state index in [2.05, 4.69) is 5.32 Å². The molecule has 0 bridgehead atoms. The second kappa shape index (κ2) is 10.1. The Hall–Kier alpha value is -3.68. The first kappa shape index (κ1) is 22.1. The molecule has 2 aromatic heterocycles. The smallest absolute Gasteiger partial charge is 0.266 e. The first-order chi connectivity index (χ1) is 16.7. The van der Waals surface area contributed by atoms with Crippen LogP contribution in [0.25, 0.3) is 16.6 Å². The Bertz CT molecular complexity index is 1470. The molecule has 5 aromatic rings. The van der Waals surface area contributed by atoms with Gasteiger partial charge in [0.25, 0.3) is 5.56 Å². The van der Waals surface area contributed by atoms with Crippen molar-refractivity contribution in [3.63, 3.8) is 0 Å². The molecule has 1 amide bonds. The summed E-state index contributed by atoms with van der Waals surface area (Å²) in [4.78, 5) is 32.2. The minimum absolute atomic E-state index is 0.130. The van der Waals surface area contributed by atoms with Gasteiger partial charge in [-0.3, -0.25) is 14.2 Å². The van der Waals surface area contributed by atoms with Gasteiger partial charge < -0.3 is 5.32 Å². The summed E-state index contributed by atoms with van der Waals surface area (Å²) < 4.78 is 1.58. The van der Waals surface area contributed by atoms with Gasteiger partial charge in [-0.25, -0.2) is 4.98 Å². The topological polar surface area (TPSA) is 64.0 Å². The number of nitrogens with zero attached hydrogens (tertiary/aromatic N) is 2. The van der Waals surface area contributed by atoms with Crippen LogP contribution >= 0.6 is 23.1 Å². The first-order valence-electron chi connectivity index (χ1n) is 10.8. The molecule has 0 saturated heterocycles. The third-order valence-corrected chi connectivity index (χ3v) is 7.23. The number of benzene rings is 3. The van der Waals surface area contributed by atoms with Crippen molar-refractivity contribution >= 4 is 39.9 Å². The maximum atomic E-state index is 13.3. The summed E-state index contributed by atoms with van der Waals surface area (Å²) in [6, 6.07) is 30.4. The van der Waals surface area contributed by atoms with Crippen LogP contribution in [0.15, 0.2) is 112 Å². The molecule has 5 rings (SSSR count). The van der Waals surface area contributed by atoms with Crippen molar-refractivity contribution in [2.75, 3.05) is 5.75 Å². The van der Waals surface area contributed by atoms with Crippen LogP contribution < -0.4 is 10.9 Å². The zero-order valence-corrected chi connectivity index (χ0v) is 19.8. The zero-order valence-electron chi connectivity index (χ0n) is 18.1. The summed E-state index contributed by atoms with van der Waals surface area (Å²) in [5.41, 5.74) is 2.20. The van der Waals surface area contributed by atoms with E-state index in [9.17, 15) is 9.59 Å². The van der Waals surface area contributed by atoms with Crippen LogP contribution in [0.4, 0.5) is 0 Å². The highest BCUT2D eigenvalue weighted by Crippen LogP contribution is 2.27. The lowest BCUT2D eigenvalue weighted by Crippen LogP contribution is -2.30. The Labute approximate surface area is 205 Å². The number of aromatic nitrogens is 2. The number of nitrogens with one attached hydrogen (secondary N) is 1. The average molecular weight is 484 g/mol. The van der Waals surface area contributed by atoms with Gasteiger partial charge in [-0.1, -0.05) is 78.5 Å². The molecule has 7 heteroatoms. The van der Waals surface area contributed by atoms with Gasteiger partial charge in [0.15, 0.2) is 5.16 Å². The van der Waals surface area contributed by atoms with Crippen molar-refractivity contribution in [1.29, 1.82) is 0 Å². The van der Waals surface area contributed by atoms with Crippen LogP contribution in [0.1, 0.15) is 16.5 Å². The highest BCUT2D eigenvalue weighted by atomic mass is 32.2. The van der Waals surface area contributed by atoms with Crippen molar-refractivity contribution in [3.8, 4) is 5.69 Å². The van der Waals surface area contributed by atoms with E-state index in [4.69, 9.17) is 4.98 Å². The highest BCUT2D eigenvalue weighted by Gasteiger charge is 2.19. The number of amides is 1. The summed E-state index contributed by atoms with van der Waals surface area (Å²) in [6.07, 6.45) is 0. The van der Waals surface area contributed by atoms with Gasteiger partial charge in [-0.2, -0.15) is 0 Å². The van der Waals surface area contributed by atoms with Crippen molar-refractivity contribution in [2.24, 2.45) is 0 Å². The molecular weight excluding hydrogens is 462 g/mol. The van der Waals surface area contributed by atoms with Gasteiger partial charge in [-0.05, 0) is 41.3 Å². The maximum absolute atomic E-state index is 13.3. The summed E-state index contributed by atoms with van der Waals surface area (Å²) in [5, 5.41) is 6.18. The minimum Gasteiger partial charge on any atom is -0.344 e. The van der Waals surface area contributed by atoms with Crippen molar-refractivity contribution < 1.29 is 4.79 Å². The Morgan fingerprint density at radius 2 is 1.62 bits per heavy atom. The van der Waals surface area contributed by atoms with E-state index >= 15 is 0 Å². The molecule has 0 aliphatic rings. The monoisotopic (exact) mass is 483 g/mol. The van der Waals surface area contributed by atoms with Gasteiger partial charge in [0.2, 0.25) is 5.91 Å². The van der Waals surface area contributed by atoms with Gasteiger partial charge in [0, 0.05) is 4.88 Å². The quantitative estimate of drug-likeness (QED) is 0.247. The van der Waals surface area contributed by atoms with E-state index < -0.39 is 0 Å². The molecule has 168 valence electrons. The molecule has 0 saturated carbocycles. The Morgan fingerprint density at radius 3 is 2.35 bits per heavy atom. The van der Waals surface area contributed by atoms with Gasteiger partial charge in [0.1, 0.15) is 0 Å². The fourth-order valence-electron chi connectivity index (χ4n) is 3.77. The molecule has 0 radical (unpaired) electrons. The number of carbonyl (C=O) groups is 1. The Kier molecular flexibility index (Phi) is 6.56. The number of para-hydroxylation sites is 2. The van der Waals surface area contributed by atoms with Crippen molar-refractivity contribution in [1.82, 2.24) is 14.9 Å². The standard InChI is InChI=1S/C27H21N3O2S2/c31-24(29-25(23-16-9-17-33-23)19-10-3-1-4-11-19)18-34-27-28-22-15-8-7-14-21(22)26(32)30(27)20-12-5-2-6-13-20/h1-17,25H,18H2,(H,29,31)/t25-/m1/s1. The first-order valence-corrected chi connectivity index (χ1v) is 12.6. The molecule has 1 atom stereocenters. The highest BCUT2D eigenvalue weighted by molar-refractivity contribution is 7.99. The van der Waals surface area contributed by atoms with E-state index in [1.54, 1.807) is 22.0 Å². The van der Waals surface area contributed by atoms with E-state index in [0.717, 1.165) is 16.1 Å². The third kappa shape index (κ3) is 4.66. The lowest BCUT2D eigenvalue weighted by Gasteiger charge is -2.18. The molecule has 0 aliphatic heterocycles. The summed E-state index contributed by atoms with van der Waals surface area (Å²) in [6.45, 7) is 0. The van der Waals surface area contributed by atoms with Crippen LogP contribution in [0, 0.1) is 0 Å². The largest absolute Gasteiger partial charge is 0.344 e. The third-order valence-electron chi connectivity index (χ3n) is 5.36. The number of hydrogen-bond donors (Lipinski definition) is 1. The van der Waals surface area contributed by atoms with E-state index in [1.165, 1.54) is 11.8 Å². The Morgan fingerprint density at radius 1 is 0.912 bits per heavy atom. The van der Waals surface area contributed by atoms with Crippen LogP contribution in [0.3, 0.4) is 0 Å². The molecule has 0 spiro atoms. The molecule has 2 heterocycles. The number of thioether (sulfide) groups is 1. The van der Waals surface area contributed by atoms with Crippen LogP contribution in [0.2, 0.25) is 0 Å². The molecular formula is C27H21N3O2S2. The summed E-state index contributed by atoms with van der Waals surface area (Å²) in [5.74, 6) is 0.000969. The van der Waals surface area contributed by atoms with Crippen LogP contribution in [-0.4, -0.2) is 21.2 Å². The normalized spacial score (nSPS) is 11.9. The molecule has 1 N–H and O–H groups in total. The molecule has 34 heavy (non-hydrogen) atoms. The average Bonchev–Trinajstić information content (AvgIpc) is 3.42. The van der Waals surface area contributed by atoms with Crippen molar-refractivity contribution in [3.05, 3.63) is 123 Å². The fourth-order valence-corrected chi connectivity index (χ4v) is 5.39. The zero-order chi connectivity index (χ0) is 23.3. The summed E-state index contributed by atoms with van der Waals surface area (Å²) in [7, 11) is 0. The number of thiophene rings is 1. The lowest BCUT2D eigenvalue weighted by atomic mass is 10.1. The molecule has 3 aromatic carbocycles. The van der Waals surface area contributed by atoms with E-state index in [0.29, 0.717) is 16.1 Å². The second-order valence-electron chi connectivity index (χ2n) is 7.60. The fraction of sp³-hybridized carbons (Fsp3) is 0.0741. The minimum atomic E-state index is -0.227. The Balaban J connectivity index is 1.43. The number of carbonyl (C=O) groups excluding carboxylic acids is 1. The van der Waals surface area contributed by atoms with Crippen LogP contribution in [-0.2, 0) is 4.79 Å². The predicted molar refractivity (Wildman–Crippen MR) is 139 cm³/mol. The maximum Gasteiger partial charge on any atom is 0.266 e. The molecule has 0 aliphatic carbocycles. The SMILES string of the molecule is O=C(CSc1nc2ccccc2c(=O)n1-c1ccccc1)N[C@H](c1ccccc1)c1cccs1.